The molecule has 2 fully saturated rings. The number of aryl methyl sites for hydroxylation is 1. The van der Waals surface area contributed by atoms with Crippen LogP contribution in [0, 0.1) is 0 Å². The molecule has 4 rings (SSSR count). The van der Waals surface area contributed by atoms with Crippen LogP contribution in [0.25, 0.3) is 10.2 Å². The van der Waals surface area contributed by atoms with Gasteiger partial charge < -0.3 is 19.7 Å². The lowest BCUT2D eigenvalue weighted by Crippen LogP contribution is -2.47. The molecule has 1 unspecified atom stereocenters. The molecule has 30 heavy (non-hydrogen) atoms. The second-order valence-electron chi connectivity index (χ2n) is 8.16. The maximum Gasteiger partial charge on any atom is 0.193 e. The molecule has 3 heterocycles. The number of aromatic nitrogens is 1. The minimum atomic E-state index is 0.307. The summed E-state index contributed by atoms with van der Waals surface area (Å²) < 4.78 is 13.2. The van der Waals surface area contributed by atoms with E-state index in [2.05, 4.69) is 39.5 Å². The molecule has 2 aliphatic heterocycles. The van der Waals surface area contributed by atoms with Crippen LogP contribution in [0.15, 0.2) is 29.3 Å². The van der Waals surface area contributed by atoms with E-state index in [0.29, 0.717) is 12.2 Å². The van der Waals surface area contributed by atoms with Crippen molar-refractivity contribution in [2.75, 3.05) is 39.9 Å². The van der Waals surface area contributed by atoms with E-state index >= 15 is 0 Å². The molecule has 0 spiro atoms. The summed E-state index contributed by atoms with van der Waals surface area (Å²) in [6.45, 7) is 4.55. The number of hydrogen-bond donors (Lipinski definition) is 1. The van der Waals surface area contributed by atoms with Gasteiger partial charge in [-0.2, -0.15) is 0 Å². The van der Waals surface area contributed by atoms with Gasteiger partial charge in [-0.3, -0.25) is 4.99 Å². The van der Waals surface area contributed by atoms with Crippen molar-refractivity contribution in [3.8, 4) is 0 Å². The molecule has 1 aromatic carbocycles. The smallest absolute Gasteiger partial charge is 0.193 e. The van der Waals surface area contributed by atoms with E-state index in [0.717, 1.165) is 76.4 Å². The van der Waals surface area contributed by atoms with Gasteiger partial charge in [0.2, 0.25) is 0 Å². The van der Waals surface area contributed by atoms with Gasteiger partial charge in [-0.05, 0) is 50.7 Å². The van der Waals surface area contributed by atoms with Crippen molar-refractivity contribution in [2.24, 2.45) is 4.99 Å². The lowest BCUT2D eigenvalue weighted by atomic mass is 10.1. The number of para-hydroxylation sites is 1. The van der Waals surface area contributed by atoms with Crippen molar-refractivity contribution in [2.45, 2.75) is 57.2 Å². The van der Waals surface area contributed by atoms with Crippen LogP contribution >= 0.6 is 11.3 Å². The van der Waals surface area contributed by atoms with E-state index in [9.17, 15) is 0 Å². The highest BCUT2D eigenvalue weighted by molar-refractivity contribution is 7.18. The fraction of sp³-hybridized carbons (Fsp3) is 0.652. The molecule has 6 nitrogen and oxygen atoms in total. The van der Waals surface area contributed by atoms with Crippen LogP contribution in [0.1, 0.15) is 43.5 Å². The quantitative estimate of drug-likeness (QED) is 0.411. The number of rotatable bonds is 7. The number of fused-ring (bicyclic) bond motifs is 1. The molecule has 1 N–H and O–H groups in total. The normalized spacial score (nSPS) is 21.3. The van der Waals surface area contributed by atoms with Gasteiger partial charge in [0, 0.05) is 39.7 Å². The molecular formula is C23H34N4O2S. The first-order valence-corrected chi connectivity index (χ1v) is 12.2. The Labute approximate surface area is 183 Å². The highest BCUT2D eigenvalue weighted by atomic mass is 32.1. The predicted octanol–water partition coefficient (Wildman–Crippen LogP) is 3.85. The zero-order chi connectivity index (χ0) is 20.6. The van der Waals surface area contributed by atoms with Crippen LogP contribution < -0.4 is 5.32 Å². The second kappa shape index (κ2) is 11.1. The largest absolute Gasteiger partial charge is 0.376 e. The average molecular weight is 431 g/mol. The van der Waals surface area contributed by atoms with E-state index in [1.165, 1.54) is 22.5 Å². The zero-order valence-corrected chi connectivity index (χ0v) is 18.8. The van der Waals surface area contributed by atoms with E-state index < -0.39 is 0 Å². The third kappa shape index (κ3) is 5.93. The Balaban J connectivity index is 1.14. The number of hydrogen-bond acceptors (Lipinski definition) is 5. The molecule has 0 saturated carbocycles. The number of aliphatic imine (C=N–C) groups is 1. The fourth-order valence-electron chi connectivity index (χ4n) is 4.22. The molecule has 0 bridgehead atoms. The van der Waals surface area contributed by atoms with E-state index in [4.69, 9.17) is 14.5 Å². The van der Waals surface area contributed by atoms with Gasteiger partial charge in [0.05, 0.1) is 34.0 Å². The summed E-state index contributed by atoms with van der Waals surface area (Å²) in [7, 11) is 1.87. The summed E-state index contributed by atoms with van der Waals surface area (Å²) in [6, 6.07) is 8.36. The molecule has 0 amide bonds. The summed E-state index contributed by atoms with van der Waals surface area (Å²) in [5, 5.41) is 4.75. The van der Waals surface area contributed by atoms with Crippen LogP contribution in [-0.4, -0.2) is 67.9 Å². The minimum absolute atomic E-state index is 0.307. The Morgan fingerprint density at radius 3 is 2.90 bits per heavy atom. The molecule has 1 atom stereocenters. The van der Waals surface area contributed by atoms with Gasteiger partial charge in [-0.15, -0.1) is 11.3 Å². The molecule has 164 valence electrons. The van der Waals surface area contributed by atoms with Gasteiger partial charge in [-0.25, -0.2) is 4.98 Å². The first-order valence-electron chi connectivity index (χ1n) is 11.3. The molecule has 2 saturated heterocycles. The number of piperidine rings is 1. The van der Waals surface area contributed by atoms with Gasteiger partial charge in [-0.1, -0.05) is 12.1 Å². The summed E-state index contributed by atoms with van der Waals surface area (Å²) in [5.74, 6) is 1.01. The first kappa shape index (κ1) is 21.5. The third-order valence-electron chi connectivity index (χ3n) is 5.93. The minimum Gasteiger partial charge on any atom is -0.376 e. The number of ether oxygens (including phenoxy) is 2. The average Bonchev–Trinajstić information content (AvgIpc) is 3.22. The maximum atomic E-state index is 6.14. The van der Waals surface area contributed by atoms with Crippen LogP contribution in [-0.2, 0) is 15.9 Å². The molecule has 2 aromatic rings. The van der Waals surface area contributed by atoms with Crippen LogP contribution in [0.3, 0.4) is 0 Å². The first-order chi connectivity index (χ1) is 14.8. The monoisotopic (exact) mass is 430 g/mol. The lowest BCUT2D eigenvalue weighted by Gasteiger charge is -2.35. The van der Waals surface area contributed by atoms with E-state index in [1.54, 1.807) is 11.3 Å². The van der Waals surface area contributed by atoms with Crippen molar-refractivity contribution < 1.29 is 9.47 Å². The molecule has 7 heteroatoms. The molecule has 1 aromatic heterocycles. The van der Waals surface area contributed by atoms with Crippen molar-refractivity contribution in [1.29, 1.82) is 0 Å². The zero-order valence-electron chi connectivity index (χ0n) is 18.0. The van der Waals surface area contributed by atoms with Gasteiger partial charge >= 0.3 is 0 Å². The second-order valence-corrected chi connectivity index (χ2v) is 9.28. The van der Waals surface area contributed by atoms with Crippen molar-refractivity contribution >= 4 is 27.5 Å². The molecule has 0 aliphatic carbocycles. The number of nitrogens with one attached hydrogen (secondary N) is 1. The van der Waals surface area contributed by atoms with Crippen LogP contribution in [0.5, 0.6) is 0 Å². The molecular weight excluding hydrogens is 396 g/mol. The third-order valence-corrected chi connectivity index (χ3v) is 7.03. The van der Waals surface area contributed by atoms with Crippen molar-refractivity contribution in [3.05, 3.63) is 29.3 Å². The Morgan fingerprint density at radius 1 is 1.27 bits per heavy atom. The van der Waals surface area contributed by atoms with E-state index in [1.807, 2.05) is 7.05 Å². The molecule has 2 aliphatic rings. The number of nitrogens with zero attached hydrogens (tertiary/aromatic N) is 3. The number of likely N-dealkylation sites (tertiary alicyclic amines) is 1. The van der Waals surface area contributed by atoms with Crippen molar-refractivity contribution in [3.63, 3.8) is 0 Å². The Hall–Kier alpha value is -1.70. The summed E-state index contributed by atoms with van der Waals surface area (Å²) in [5.41, 5.74) is 1.11. The number of benzene rings is 1. The van der Waals surface area contributed by atoms with Gasteiger partial charge in [0.25, 0.3) is 0 Å². The topological polar surface area (TPSA) is 59.0 Å². The number of guanidine groups is 1. The highest BCUT2D eigenvalue weighted by Crippen LogP contribution is 2.22. The predicted molar refractivity (Wildman–Crippen MR) is 123 cm³/mol. The Kier molecular flexibility index (Phi) is 7.94. The Morgan fingerprint density at radius 2 is 2.13 bits per heavy atom. The van der Waals surface area contributed by atoms with E-state index in [-0.39, 0.29) is 0 Å². The summed E-state index contributed by atoms with van der Waals surface area (Å²) in [4.78, 5) is 11.6. The fourth-order valence-corrected chi connectivity index (χ4v) is 5.22. The summed E-state index contributed by atoms with van der Waals surface area (Å²) >= 11 is 1.80. The van der Waals surface area contributed by atoms with Gasteiger partial charge in [0.15, 0.2) is 5.96 Å². The SMILES string of the molecule is CN=C(NCCCc1nc2ccccc2s1)N1CCC(OCC2CCCCO2)CC1. The molecule has 0 radical (unpaired) electrons. The Bertz CT molecular complexity index is 777. The standard InChI is InChI=1S/C23H34N4O2S/c1-24-23(25-13-6-10-22-26-20-8-2-3-9-21(20)30-22)27-14-11-18(12-15-27)29-17-19-7-4-5-16-28-19/h2-3,8-9,18-19H,4-7,10-17H2,1H3,(H,24,25). The maximum absolute atomic E-state index is 6.14. The summed E-state index contributed by atoms with van der Waals surface area (Å²) in [6.07, 6.45) is 8.44. The van der Waals surface area contributed by atoms with Crippen LogP contribution in [0.2, 0.25) is 0 Å². The lowest BCUT2D eigenvalue weighted by molar-refractivity contribution is -0.0721. The number of thiazole rings is 1. The van der Waals surface area contributed by atoms with Gasteiger partial charge in [0.1, 0.15) is 0 Å². The van der Waals surface area contributed by atoms with Crippen LogP contribution in [0.4, 0.5) is 0 Å². The highest BCUT2D eigenvalue weighted by Gasteiger charge is 2.23. The van der Waals surface area contributed by atoms with Crippen molar-refractivity contribution in [1.82, 2.24) is 15.2 Å².